The van der Waals surface area contributed by atoms with Gasteiger partial charge in [-0.25, -0.2) is 0 Å². The van der Waals surface area contributed by atoms with Gasteiger partial charge in [0.05, 0.1) is 0 Å². The van der Waals surface area contributed by atoms with Crippen LogP contribution in [0, 0.1) is 6.92 Å². The summed E-state index contributed by atoms with van der Waals surface area (Å²) in [5, 5.41) is 3.12. The minimum atomic E-state index is 0.142. The lowest BCUT2D eigenvalue weighted by atomic mass is 10.1. The highest BCUT2D eigenvalue weighted by Gasteiger charge is 2.16. The van der Waals surface area contributed by atoms with Gasteiger partial charge in [-0.1, -0.05) is 61.0 Å². The average molecular weight is 394 g/mol. The first-order valence-corrected chi connectivity index (χ1v) is 11.0. The molecule has 1 aliphatic rings. The minimum absolute atomic E-state index is 0.142. The second-order valence-electron chi connectivity index (χ2n) is 8.10. The summed E-state index contributed by atoms with van der Waals surface area (Å²) in [6, 6.07) is 17.1. The fourth-order valence-corrected chi connectivity index (χ4v) is 3.88. The number of aryl methyl sites for hydroxylation is 2. The van der Waals surface area contributed by atoms with Crippen LogP contribution in [-0.2, 0) is 24.3 Å². The minimum Gasteiger partial charge on any atom is -0.352 e. The van der Waals surface area contributed by atoms with Crippen LogP contribution in [0.4, 0.5) is 0 Å². The van der Waals surface area contributed by atoms with Crippen molar-refractivity contribution in [1.29, 1.82) is 0 Å². The maximum Gasteiger partial charge on any atom is 0.220 e. The van der Waals surface area contributed by atoms with Gasteiger partial charge in [0.15, 0.2) is 0 Å². The molecule has 156 valence electrons. The van der Waals surface area contributed by atoms with Crippen LogP contribution in [0.1, 0.15) is 42.0 Å². The third-order valence-electron chi connectivity index (χ3n) is 5.89. The van der Waals surface area contributed by atoms with Crippen LogP contribution in [-0.4, -0.2) is 48.4 Å². The Morgan fingerprint density at radius 1 is 0.931 bits per heavy atom. The van der Waals surface area contributed by atoms with Crippen molar-refractivity contribution in [3.63, 3.8) is 0 Å². The zero-order valence-electron chi connectivity index (χ0n) is 18.0. The summed E-state index contributed by atoms with van der Waals surface area (Å²) in [7, 11) is 0. The number of benzene rings is 2. The molecule has 0 saturated carbocycles. The van der Waals surface area contributed by atoms with Gasteiger partial charge in [-0.2, -0.15) is 0 Å². The Balaban J connectivity index is 1.43. The lowest BCUT2D eigenvalue weighted by Gasteiger charge is -2.34. The Morgan fingerprint density at radius 2 is 1.59 bits per heavy atom. The quantitative estimate of drug-likeness (QED) is 0.704. The smallest absolute Gasteiger partial charge is 0.220 e. The van der Waals surface area contributed by atoms with Crippen molar-refractivity contribution < 1.29 is 4.79 Å². The highest BCUT2D eigenvalue weighted by Crippen LogP contribution is 2.14. The molecule has 1 fully saturated rings. The van der Waals surface area contributed by atoms with Gasteiger partial charge in [-0.05, 0) is 43.0 Å². The monoisotopic (exact) mass is 393 g/mol. The van der Waals surface area contributed by atoms with Crippen molar-refractivity contribution in [1.82, 2.24) is 15.1 Å². The lowest BCUT2D eigenvalue weighted by molar-refractivity contribution is -0.121. The number of rotatable bonds is 9. The predicted octanol–water partition coefficient (Wildman–Crippen LogP) is 3.77. The van der Waals surface area contributed by atoms with Gasteiger partial charge < -0.3 is 10.2 Å². The molecular weight excluding hydrogens is 358 g/mol. The molecule has 1 N–H and O–H groups in total. The number of hydrogen-bond donors (Lipinski definition) is 1. The fraction of sp³-hybridized carbons (Fsp3) is 0.480. The number of carbonyl (C=O) groups excluding carboxylic acids is 1. The molecule has 0 unspecified atom stereocenters. The van der Waals surface area contributed by atoms with Crippen molar-refractivity contribution in [3.05, 3.63) is 70.8 Å². The van der Waals surface area contributed by atoms with Crippen LogP contribution in [0.5, 0.6) is 0 Å². The van der Waals surface area contributed by atoms with Gasteiger partial charge in [0.25, 0.3) is 0 Å². The summed E-state index contributed by atoms with van der Waals surface area (Å²) in [6.07, 6.45) is 2.42. The van der Waals surface area contributed by atoms with E-state index in [9.17, 15) is 4.79 Å². The maximum atomic E-state index is 12.3. The van der Waals surface area contributed by atoms with Gasteiger partial charge in [-0.15, -0.1) is 0 Å². The molecule has 4 nitrogen and oxygen atoms in total. The number of nitrogens with one attached hydrogen (secondary N) is 1. The third kappa shape index (κ3) is 6.98. The molecule has 0 radical (unpaired) electrons. The van der Waals surface area contributed by atoms with Gasteiger partial charge in [0, 0.05) is 45.7 Å². The Bertz CT molecular complexity index is 764. The van der Waals surface area contributed by atoms with Gasteiger partial charge in [0.2, 0.25) is 5.91 Å². The Kier molecular flexibility index (Phi) is 8.26. The van der Waals surface area contributed by atoms with Crippen LogP contribution < -0.4 is 5.32 Å². The van der Waals surface area contributed by atoms with Gasteiger partial charge in [0.1, 0.15) is 0 Å². The second-order valence-corrected chi connectivity index (χ2v) is 8.10. The van der Waals surface area contributed by atoms with Crippen LogP contribution >= 0.6 is 0 Å². The Labute approximate surface area is 175 Å². The van der Waals surface area contributed by atoms with Crippen LogP contribution in [0.2, 0.25) is 0 Å². The van der Waals surface area contributed by atoms with Crippen LogP contribution in [0.15, 0.2) is 48.5 Å². The fourth-order valence-electron chi connectivity index (χ4n) is 3.88. The molecule has 0 aromatic heterocycles. The van der Waals surface area contributed by atoms with E-state index >= 15 is 0 Å². The summed E-state index contributed by atoms with van der Waals surface area (Å²) >= 11 is 0. The van der Waals surface area contributed by atoms with Gasteiger partial charge in [-0.3, -0.25) is 9.69 Å². The predicted molar refractivity (Wildman–Crippen MR) is 120 cm³/mol. The van der Waals surface area contributed by atoms with Crippen molar-refractivity contribution >= 4 is 5.91 Å². The second kappa shape index (κ2) is 11.1. The lowest BCUT2D eigenvalue weighted by Crippen LogP contribution is -2.45. The van der Waals surface area contributed by atoms with E-state index in [4.69, 9.17) is 0 Å². The molecule has 2 aromatic rings. The maximum absolute atomic E-state index is 12.3. The molecule has 1 heterocycles. The summed E-state index contributed by atoms with van der Waals surface area (Å²) in [5.41, 5.74) is 5.14. The zero-order chi connectivity index (χ0) is 20.5. The number of hydrogen-bond acceptors (Lipinski definition) is 3. The number of carbonyl (C=O) groups is 1. The first-order chi connectivity index (χ1) is 14.1. The molecule has 0 spiro atoms. The molecule has 3 rings (SSSR count). The van der Waals surface area contributed by atoms with Crippen molar-refractivity contribution in [2.75, 3.05) is 32.7 Å². The summed E-state index contributed by atoms with van der Waals surface area (Å²) in [5.74, 6) is 0.142. The SMILES string of the molecule is CCN1CCN(Cc2ccccc2CNC(=O)CCCc2ccc(C)cc2)CC1. The molecule has 1 amide bonds. The molecule has 29 heavy (non-hydrogen) atoms. The molecule has 4 heteroatoms. The molecule has 0 bridgehead atoms. The normalized spacial score (nSPS) is 15.4. The molecule has 1 saturated heterocycles. The molecular formula is C25H35N3O. The van der Waals surface area contributed by atoms with E-state index in [1.54, 1.807) is 0 Å². The van der Waals surface area contributed by atoms with E-state index in [0.717, 1.165) is 52.1 Å². The number of piperazine rings is 1. The average Bonchev–Trinajstić information content (AvgIpc) is 2.75. The molecule has 1 aliphatic heterocycles. The van der Waals surface area contributed by atoms with E-state index in [0.29, 0.717) is 13.0 Å². The highest BCUT2D eigenvalue weighted by molar-refractivity contribution is 5.75. The van der Waals surface area contributed by atoms with Crippen LogP contribution in [0.3, 0.4) is 0 Å². The topological polar surface area (TPSA) is 35.6 Å². The number of likely N-dealkylation sites (N-methyl/N-ethyl adjacent to an activating group) is 1. The van der Waals surface area contributed by atoms with Gasteiger partial charge >= 0.3 is 0 Å². The van der Waals surface area contributed by atoms with Crippen molar-refractivity contribution in [2.45, 2.75) is 46.2 Å². The molecule has 2 aromatic carbocycles. The van der Waals surface area contributed by atoms with E-state index in [1.165, 1.54) is 22.3 Å². The van der Waals surface area contributed by atoms with E-state index in [1.807, 2.05) is 0 Å². The Morgan fingerprint density at radius 3 is 2.28 bits per heavy atom. The third-order valence-corrected chi connectivity index (χ3v) is 5.89. The standard InChI is InChI=1S/C25H35N3O/c1-3-27-15-17-28(18-16-27)20-24-9-5-4-8-23(24)19-26-25(29)10-6-7-22-13-11-21(2)12-14-22/h4-5,8-9,11-14H,3,6-7,10,15-20H2,1-2H3,(H,26,29). The summed E-state index contributed by atoms with van der Waals surface area (Å²) in [4.78, 5) is 17.3. The van der Waals surface area contributed by atoms with Crippen molar-refractivity contribution in [3.8, 4) is 0 Å². The van der Waals surface area contributed by atoms with Crippen LogP contribution in [0.25, 0.3) is 0 Å². The zero-order valence-corrected chi connectivity index (χ0v) is 18.0. The van der Waals surface area contributed by atoms with E-state index in [-0.39, 0.29) is 5.91 Å². The Hall–Kier alpha value is -2.17. The number of nitrogens with zero attached hydrogens (tertiary/aromatic N) is 2. The summed E-state index contributed by atoms with van der Waals surface area (Å²) in [6.45, 7) is 11.6. The molecule has 0 atom stereocenters. The highest BCUT2D eigenvalue weighted by atomic mass is 16.1. The van der Waals surface area contributed by atoms with E-state index in [2.05, 4.69) is 77.5 Å². The first-order valence-electron chi connectivity index (χ1n) is 11.0. The summed E-state index contributed by atoms with van der Waals surface area (Å²) < 4.78 is 0. The van der Waals surface area contributed by atoms with Crippen molar-refractivity contribution in [2.24, 2.45) is 0 Å². The number of amides is 1. The first kappa shape index (κ1) is 21.5. The van der Waals surface area contributed by atoms with E-state index < -0.39 is 0 Å². The molecule has 0 aliphatic carbocycles. The largest absolute Gasteiger partial charge is 0.352 e.